The Morgan fingerprint density at radius 1 is 1.48 bits per heavy atom. The van der Waals surface area contributed by atoms with Gasteiger partial charge in [0.25, 0.3) is 0 Å². The average molecular weight is 334 g/mol. The number of rotatable bonds is 4. The van der Waals surface area contributed by atoms with Gasteiger partial charge in [-0.15, -0.1) is 5.10 Å². The van der Waals surface area contributed by atoms with Gasteiger partial charge in [-0.2, -0.15) is 11.3 Å². The van der Waals surface area contributed by atoms with Gasteiger partial charge in [-0.3, -0.25) is 4.79 Å². The first-order valence-corrected chi connectivity index (χ1v) is 8.71. The third kappa shape index (κ3) is 3.01. The fraction of sp³-hybridized carbons (Fsp3) is 0.533. The Morgan fingerprint density at radius 2 is 2.43 bits per heavy atom. The lowest BCUT2D eigenvalue weighted by Crippen LogP contribution is -2.42. The van der Waals surface area contributed by atoms with Crippen LogP contribution in [0.3, 0.4) is 0 Å². The molecular formula is C15H18N4O3S. The minimum atomic E-state index is -0.300. The van der Waals surface area contributed by atoms with E-state index in [9.17, 15) is 4.79 Å². The zero-order chi connectivity index (χ0) is 15.6. The van der Waals surface area contributed by atoms with Crippen LogP contribution in [0.4, 0.5) is 0 Å². The van der Waals surface area contributed by atoms with Crippen molar-refractivity contribution in [3.8, 4) is 11.3 Å². The third-order valence-electron chi connectivity index (χ3n) is 4.19. The van der Waals surface area contributed by atoms with Crippen LogP contribution in [-0.2, 0) is 27.4 Å². The molecule has 4 rings (SSSR count). The number of amides is 1. The molecule has 7 nitrogen and oxygen atoms in total. The smallest absolute Gasteiger partial charge is 0.249 e. The first kappa shape index (κ1) is 14.8. The standard InChI is InChI=1S/C15H18N4O3S/c20-15(13-2-1-4-21-13)16-6-11-7-19-12(8-22-11)14(17-18-19)10-3-5-23-9-10/h3,5,9,11,13H,1-2,4,6-8H2,(H,16,20)/t11?,13-/m1/s1. The van der Waals surface area contributed by atoms with Crippen LogP contribution in [0.1, 0.15) is 18.5 Å². The van der Waals surface area contributed by atoms with E-state index in [-0.39, 0.29) is 18.1 Å². The molecule has 0 aromatic carbocycles. The number of hydrogen-bond acceptors (Lipinski definition) is 6. The van der Waals surface area contributed by atoms with Crippen molar-refractivity contribution in [2.24, 2.45) is 0 Å². The molecule has 1 unspecified atom stereocenters. The molecule has 2 atom stereocenters. The van der Waals surface area contributed by atoms with E-state index in [0.717, 1.165) is 29.8 Å². The van der Waals surface area contributed by atoms with Gasteiger partial charge < -0.3 is 14.8 Å². The Labute approximate surface area is 137 Å². The molecule has 122 valence electrons. The van der Waals surface area contributed by atoms with Gasteiger partial charge in [0.05, 0.1) is 24.9 Å². The summed E-state index contributed by atoms with van der Waals surface area (Å²) in [5, 5.41) is 15.5. The van der Waals surface area contributed by atoms with E-state index in [4.69, 9.17) is 9.47 Å². The molecule has 0 saturated carbocycles. The molecule has 8 heteroatoms. The number of hydrogen-bond donors (Lipinski definition) is 1. The molecule has 1 N–H and O–H groups in total. The van der Waals surface area contributed by atoms with E-state index in [1.54, 1.807) is 11.3 Å². The molecule has 2 aromatic heterocycles. The molecule has 23 heavy (non-hydrogen) atoms. The average Bonchev–Trinajstić information content (AvgIpc) is 3.32. The zero-order valence-electron chi connectivity index (χ0n) is 12.6. The van der Waals surface area contributed by atoms with Crippen molar-refractivity contribution in [3.63, 3.8) is 0 Å². The zero-order valence-corrected chi connectivity index (χ0v) is 13.4. The highest BCUT2D eigenvalue weighted by molar-refractivity contribution is 7.08. The summed E-state index contributed by atoms with van der Waals surface area (Å²) in [6.45, 7) is 2.19. The number of thiophene rings is 1. The molecule has 1 amide bonds. The van der Waals surface area contributed by atoms with Crippen molar-refractivity contribution in [3.05, 3.63) is 22.5 Å². The number of fused-ring (bicyclic) bond motifs is 1. The van der Waals surface area contributed by atoms with Crippen LogP contribution in [0, 0.1) is 0 Å². The highest BCUT2D eigenvalue weighted by Gasteiger charge is 2.27. The van der Waals surface area contributed by atoms with E-state index in [1.165, 1.54) is 0 Å². The summed E-state index contributed by atoms with van der Waals surface area (Å²) in [6, 6.07) is 2.03. The predicted octanol–water partition coefficient (Wildman–Crippen LogP) is 1.20. The first-order chi connectivity index (χ1) is 11.3. The Kier molecular flexibility index (Phi) is 4.11. The van der Waals surface area contributed by atoms with Crippen LogP contribution >= 0.6 is 11.3 Å². The van der Waals surface area contributed by atoms with Gasteiger partial charge in [-0.25, -0.2) is 4.68 Å². The minimum Gasteiger partial charge on any atom is -0.368 e. The monoisotopic (exact) mass is 334 g/mol. The lowest BCUT2D eigenvalue weighted by Gasteiger charge is -2.24. The molecule has 2 aliphatic heterocycles. The molecule has 4 heterocycles. The lowest BCUT2D eigenvalue weighted by molar-refractivity contribution is -0.131. The number of nitrogens with one attached hydrogen (secondary N) is 1. The lowest BCUT2D eigenvalue weighted by atomic mass is 10.2. The summed E-state index contributed by atoms with van der Waals surface area (Å²) in [5.41, 5.74) is 2.95. The van der Waals surface area contributed by atoms with E-state index in [0.29, 0.717) is 26.3 Å². The second kappa shape index (κ2) is 6.38. The summed E-state index contributed by atoms with van der Waals surface area (Å²) in [6.07, 6.45) is 1.36. The highest BCUT2D eigenvalue weighted by atomic mass is 32.1. The van der Waals surface area contributed by atoms with Crippen LogP contribution in [0.5, 0.6) is 0 Å². The van der Waals surface area contributed by atoms with E-state index in [1.807, 2.05) is 16.1 Å². The summed E-state index contributed by atoms with van der Waals surface area (Å²) in [4.78, 5) is 12.0. The normalized spacial score (nSPS) is 23.7. The Bertz CT molecular complexity index is 679. The van der Waals surface area contributed by atoms with E-state index >= 15 is 0 Å². The van der Waals surface area contributed by atoms with Crippen molar-refractivity contribution < 1.29 is 14.3 Å². The van der Waals surface area contributed by atoms with Crippen LogP contribution in [-0.4, -0.2) is 46.3 Å². The third-order valence-corrected chi connectivity index (χ3v) is 4.87. The number of carbonyl (C=O) groups is 1. The van der Waals surface area contributed by atoms with Crippen molar-refractivity contribution in [2.75, 3.05) is 13.2 Å². The van der Waals surface area contributed by atoms with E-state index < -0.39 is 0 Å². The molecule has 0 bridgehead atoms. The van der Waals surface area contributed by atoms with Crippen LogP contribution in [0.2, 0.25) is 0 Å². The maximum Gasteiger partial charge on any atom is 0.249 e. The molecule has 0 spiro atoms. The number of ether oxygens (including phenoxy) is 2. The molecule has 0 aliphatic carbocycles. The van der Waals surface area contributed by atoms with Gasteiger partial charge in [0.1, 0.15) is 11.8 Å². The maximum atomic E-state index is 12.0. The maximum absolute atomic E-state index is 12.0. The quantitative estimate of drug-likeness (QED) is 0.909. The summed E-state index contributed by atoms with van der Waals surface area (Å²) in [5.74, 6) is -0.0468. The van der Waals surface area contributed by atoms with Gasteiger partial charge in [0.2, 0.25) is 5.91 Å². The number of carbonyl (C=O) groups excluding carboxylic acids is 1. The molecular weight excluding hydrogens is 316 g/mol. The fourth-order valence-corrected chi connectivity index (χ4v) is 3.56. The van der Waals surface area contributed by atoms with Gasteiger partial charge in [0, 0.05) is 24.1 Å². The summed E-state index contributed by atoms with van der Waals surface area (Å²) < 4.78 is 13.1. The van der Waals surface area contributed by atoms with Crippen molar-refractivity contribution >= 4 is 17.2 Å². The van der Waals surface area contributed by atoms with Crippen LogP contribution in [0.15, 0.2) is 16.8 Å². The molecule has 2 aliphatic rings. The van der Waals surface area contributed by atoms with Crippen molar-refractivity contribution in [2.45, 2.75) is 38.2 Å². The van der Waals surface area contributed by atoms with Gasteiger partial charge in [0.15, 0.2) is 0 Å². The van der Waals surface area contributed by atoms with Crippen LogP contribution in [0.25, 0.3) is 11.3 Å². The van der Waals surface area contributed by atoms with Gasteiger partial charge in [-0.1, -0.05) is 5.21 Å². The minimum absolute atomic E-state index is 0.0468. The molecule has 1 saturated heterocycles. The molecule has 1 fully saturated rings. The first-order valence-electron chi connectivity index (χ1n) is 7.77. The molecule has 0 radical (unpaired) electrons. The fourth-order valence-electron chi connectivity index (χ4n) is 2.92. The summed E-state index contributed by atoms with van der Waals surface area (Å²) in [7, 11) is 0. The molecule has 2 aromatic rings. The topological polar surface area (TPSA) is 78.3 Å². The second-order valence-corrected chi connectivity index (χ2v) is 6.54. The van der Waals surface area contributed by atoms with Crippen molar-refractivity contribution in [1.29, 1.82) is 0 Å². The largest absolute Gasteiger partial charge is 0.368 e. The highest BCUT2D eigenvalue weighted by Crippen LogP contribution is 2.26. The SMILES string of the molecule is O=C(NCC1Cn2nnc(-c3ccsc3)c2CO1)[C@H]1CCCO1. The van der Waals surface area contributed by atoms with E-state index in [2.05, 4.69) is 21.0 Å². The summed E-state index contributed by atoms with van der Waals surface area (Å²) >= 11 is 1.64. The predicted molar refractivity (Wildman–Crippen MR) is 83.9 cm³/mol. The number of aromatic nitrogens is 3. The number of nitrogens with zero attached hydrogens (tertiary/aromatic N) is 3. The Hall–Kier alpha value is -1.77. The Morgan fingerprint density at radius 3 is 3.22 bits per heavy atom. The van der Waals surface area contributed by atoms with Crippen molar-refractivity contribution in [1.82, 2.24) is 20.3 Å². The van der Waals surface area contributed by atoms with Gasteiger partial charge in [-0.05, 0) is 24.3 Å². The Balaban J connectivity index is 1.37. The van der Waals surface area contributed by atoms with Gasteiger partial charge >= 0.3 is 0 Å². The second-order valence-electron chi connectivity index (χ2n) is 5.76. The van der Waals surface area contributed by atoms with Crippen LogP contribution < -0.4 is 5.32 Å².